The van der Waals surface area contributed by atoms with Gasteiger partial charge in [0.05, 0.1) is 17.0 Å². The maximum atomic E-state index is 12.6. The maximum absolute atomic E-state index is 12.6. The standard InChI is InChI=1S/C20H16ClN3O4/c1-23-19(27)15-6-5-13(9-16(15)20(23)28)22-18(26)11-7-17(25)24(10-11)14-4-2-3-12(21)8-14/h2-6,8-9,11H,7,10H2,1H3,(H,22,26). The lowest BCUT2D eigenvalue weighted by Gasteiger charge is -2.17. The topological polar surface area (TPSA) is 86.8 Å². The van der Waals surface area contributed by atoms with Gasteiger partial charge in [-0.15, -0.1) is 0 Å². The lowest BCUT2D eigenvalue weighted by atomic mass is 10.1. The van der Waals surface area contributed by atoms with E-state index in [1.807, 2.05) is 0 Å². The Morgan fingerprint density at radius 3 is 2.57 bits per heavy atom. The highest BCUT2D eigenvalue weighted by Crippen LogP contribution is 2.29. The summed E-state index contributed by atoms with van der Waals surface area (Å²) in [6.07, 6.45) is 0.0867. The number of hydrogen-bond acceptors (Lipinski definition) is 4. The molecule has 0 saturated carbocycles. The van der Waals surface area contributed by atoms with Crippen LogP contribution in [-0.2, 0) is 9.59 Å². The molecule has 0 bridgehead atoms. The van der Waals surface area contributed by atoms with Gasteiger partial charge in [-0.1, -0.05) is 17.7 Å². The number of carbonyl (C=O) groups excluding carboxylic acids is 4. The largest absolute Gasteiger partial charge is 0.326 e. The molecule has 142 valence electrons. The van der Waals surface area contributed by atoms with Crippen LogP contribution in [-0.4, -0.2) is 42.1 Å². The lowest BCUT2D eigenvalue weighted by molar-refractivity contribution is -0.122. The number of nitrogens with one attached hydrogen (secondary N) is 1. The van der Waals surface area contributed by atoms with Crippen molar-refractivity contribution in [3.63, 3.8) is 0 Å². The zero-order valence-electron chi connectivity index (χ0n) is 14.9. The smallest absolute Gasteiger partial charge is 0.261 e. The summed E-state index contributed by atoms with van der Waals surface area (Å²) in [5, 5.41) is 3.26. The van der Waals surface area contributed by atoms with Crippen LogP contribution >= 0.6 is 11.6 Å². The van der Waals surface area contributed by atoms with E-state index in [2.05, 4.69) is 5.32 Å². The van der Waals surface area contributed by atoms with E-state index in [-0.39, 0.29) is 36.3 Å². The Kier molecular flexibility index (Phi) is 4.39. The highest BCUT2D eigenvalue weighted by Gasteiger charge is 2.36. The Hall–Kier alpha value is -3.19. The van der Waals surface area contributed by atoms with Crippen LogP contribution in [0.2, 0.25) is 5.02 Å². The van der Waals surface area contributed by atoms with E-state index in [0.717, 1.165) is 4.90 Å². The molecular weight excluding hydrogens is 382 g/mol. The van der Waals surface area contributed by atoms with Gasteiger partial charge in [-0.3, -0.25) is 24.1 Å². The van der Waals surface area contributed by atoms with Gasteiger partial charge < -0.3 is 10.2 Å². The number of rotatable bonds is 3. The molecule has 1 N–H and O–H groups in total. The third-order valence-corrected chi connectivity index (χ3v) is 5.21. The average Bonchev–Trinajstić information content (AvgIpc) is 3.16. The summed E-state index contributed by atoms with van der Waals surface area (Å²) in [4.78, 5) is 51.6. The van der Waals surface area contributed by atoms with Crippen LogP contribution in [0.5, 0.6) is 0 Å². The van der Waals surface area contributed by atoms with Crippen molar-refractivity contribution in [1.29, 1.82) is 0 Å². The van der Waals surface area contributed by atoms with Crippen LogP contribution in [0.4, 0.5) is 11.4 Å². The third kappa shape index (κ3) is 3.03. The summed E-state index contributed by atoms with van der Waals surface area (Å²) in [6, 6.07) is 11.5. The maximum Gasteiger partial charge on any atom is 0.261 e. The Balaban J connectivity index is 1.49. The molecule has 4 amide bonds. The summed E-state index contributed by atoms with van der Waals surface area (Å²) in [6.45, 7) is 0.246. The molecule has 1 saturated heterocycles. The Morgan fingerprint density at radius 1 is 1.07 bits per heavy atom. The molecule has 0 aliphatic carbocycles. The number of benzene rings is 2. The molecule has 0 radical (unpaired) electrons. The Bertz CT molecular complexity index is 1040. The molecule has 8 heteroatoms. The first-order valence-electron chi connectivity index (χ1n) is 8.68. The molecule has 1 fully saturated rings. The van der Waals surface area contributed by atoms with E-state index in [0.29, 0.717) is 22.0 Å². The molecule has 1 unspecified atom stereocenters. The number of anilines is 2. The van der Waals surface area contributed by atoms with Gasteiger partial charge in [0.15, 0.2) is 0 Å². The number of nitrogens with zero attached hydrogens (tertiary/aromatic N) is 2. The molecule has 28 heavy (non-hydrogen) atoms. The minimum Gasteiger partial charge on any atom is -0.326 e. The zero-order valence-corrected chi connectivity index (χ0v) is 15.7. The van der Waals surface area contributed by atoms with E-state index in [9.17, 15) is 19.2 Å². The SMILES string of the molecule is CN1C(=O)c2ccc(NC(=O)C3CC(=O)N(c4cccc(Cl)c4)C3)cc2C1=O. The molecule has 7 nitrogen and oxygen atoms in total. The second-order valence-electron chi connectivity index (χ2n) is 6.80. The highest BCUT2D eigenvalue weighted by molar-refractivity contribution is 6.31. The van der Waals surface area contributed by atoms with Crippen molar-refractivity contribution in [2.24, 2.45) is 5.92 Å². The average molecular weight is 398 g/mol. The highest BCUT2D eigenvalue weighted by atomic mass is 35.5. The van der Waals surface area contributed by atoms with E-state index >= 15 is 0 Å². The molecule has 2 aliphatic rings. The van der Waals surface area contributed by atoms with Gasteiger partial charge in [-0.05, 0) is 36.4 Å². The fourth-order valence-electron chi connectivity index (χ4n) is 3.46. The summed E-state index contributed by atoms with van der Waals surface area (Å²) < 4.78 is 0. The lowest BCUT2D eigenvalue weighted by Crippen LogP contribution is -2.28. The van der Waals surface area contributed by atoms with Crippen molar-refractivity contribution in [2.75, 3.05) is 23.8 Å². The van der Waals surface area contributed by atoms with Crippen molar-refractivity contribution in [3.8, 4) is 0 Å². The van der Waals surface area contributed by atoms with E-state index in [4.69, 9.17) is 11.6 Å². The van der Waals surface area contributed by atoms with Gasteiger partial charge in [-0.25, -0.2) is 0 Å². The van der Waals surface area contributed by atoms with Crippen molar-refractivity contribution >= 4 is 46.6 Å². The second kappa shape index (κ2) is 6.76. The molecule has 4 rings (SSSR count). The number of carbonyl (C=O) groups is 4. The predicted molar refractivity (Wildman–Crippen MR) is 103 cm³/mol. The van der Waals surface area contributed by atoms with Crippen molar-refractivity contribution in [3.05, 3.63) is 58.6 Å². The number of halogens is 1. The van der Waals surface area contributed by atoms with Crippen LogP contribution in [0.25, 0.3) is 0 Å². The summed E-state index contributed by atoms with van der Waals surface area (Å²) >= 11 is 5.98. The summed E-state index contributed by atoms with van der Waals surface area (Å²) in [5.41, 5.74) is 1.63. The normalized spacial score (nSPS) is 18.6. The number of fused-ring (bicyclic) bond motifs is 1. The van der Waals surface area contributed by atoms with E-state index < -0.39 is 11.8 Å². The summed E-state index contributed by atoms with van der Waals surface area (Å²) in [5.74, 6) is -1.77. The number of hydrogen-bond donors (Lipinski definition) is 1. The summed E-state index contributed by atoms with van der Waals surface area (Å²) in [7, 11) is 1.41. The van der Waals surface area contributed by atoms with Crippen molar-refractivity contribution in [1.82, 2.24) is 4.90 Å². The monoisotopic (exact) mass is 397 g/mol. The fraction of sp³-hybridized carbons (Fsp3) is 0.200. The van der Waals surface area contributed by atoms with Gasteiger partial charge in [0.2, 0.25) is 11.8 Å². The molecule has 1 atom stereocenters. The van der Waals surface area contributed by atoms with Gasteiger partial charge in [0.25, 0.3) is 11.8 Å². The molecule has 2 heterocycles. The van der Waals surface area contributed by atoms with Gasteiger partial charge >= 0.3 is 0 Å². The fourth-order valence-corrected chi connectivity index (χ4v) is 3.64. The zero-order chi connectivity index (χ0) is 20.0. The van der Waals surface area contributed by atoms with Crippen LogP contribution in [0.1, 0.15) is 27.1 Å². The van der Waals surface area contributed by atoms with Crippen molar-refractivity contribution in [2.45, 2.75) is 6.42 Å². The van der Waals surface area contributed by atoms with Gasteiger partial charge in [-0.2, -0.15) is 0 Å². The molecule has 2 aliphatic heterocycles. The second-order valence-corrected chi connectivity index (χ2v) is 7.24. The first-order valence-corrected chi connectivity index (χ1v) is 9.06. The van der Waals surface area contributed by atoms with Crippen LogP contribution < -0.4 is 10.2 Å². The first kappa shape index (κ1) is 18.2. The van der Waals surface area contributed by atoms with Crippen molar-refractivity contribution < 1.29 is 19.2 Å². The number of imide groups is 1. The first-order chi connectivity index (χ1) is 13.3. The van der Waals surface area contributed by atoms with Gasteiger partial charge in [0, 0.05) is 36.4 Å². The third-order valence-electron chi connectivity index (χ3n) is 4.97. The minimum atomic E-state index is -0.528. The van der Waals surface area contributed by atoms with Crippen LogP contribution in [0.15, 0.2) is 42.5 Å². The van der Waals surface area contributed by atoms with Crippen LogP contribution in [0, 0.1) is 5.92 Å². The quantitative estimate of drug-likeness (QED) is 0.806. The molecule has 2 aromatic carbocycles. The number of amides is 4. The van der Waals surface area contributed by atoms with Crippen LogP contribution in [0.3, 0.4) is 0 Å². The molecular formula is C20H16ClN3O4. The van der Waals surface area contributed by atoms with Gasteiger partial charge in [0.1, 0.15) is 0 Å². The Morgan fingerprint density at radius 2 is 1.82 bits per heavy atom. The minimum absolute atomic E-state index is 0.0867. The molecule has 2 aromatic rings. The Labute approximate surface area is 165 Å². The van der Waals surface area contributed by atoms with E-state index in [1.54, 1.807) is 30.3 Å². The molecule has 0 spiro atoms. The molecule has 0 aromatic heterocycles. The predicted octanol–water partition coefficient (Wildman–Crippen LogP) is 2.56. The van der Waals surface area contributed by atoms with E-state index in [1.165, 1.54) is 24.1 Å².